The summed E-state index contributed by atoms with van der Waals surface area (Å²) in [5.41, 5.74) is 0.918. The van der Waals surface area contributed by atoms with Crippen molar-refractivity contribution in [2.24, 2.45) is 0 Å². The Morgan fingerprint density at radius 2 is 2.25 bits per heavy atom. The molecule has 0 bridgehead atoms. The number of furan rings is 1. The van der Waals surface area contributed by atoms with Gasteiger partial charge in [-0.2, -0.15) is 0 Å². The van der Waals surface area contributed by atoms with Crippen molar-refractivity contribution < 1.29 is 4.42 Å². The third-order valence-corrected chi connectivity index (χ3v) is 4.56. The van der Waals surface area contributed by atoms with Crippen molar-refractivity contribution in [3.05, 3.63) is 50.6 Å². The first-order chi connectivity index (χ1) is 9.61. The maximum absolute atomic E-state index is 5.88. The molecule has 3 nitrogen and oxygen atoms in total. The molecule has 1 unspecified atom stereocenters. The van der Waals surface area contributed by atoms with E-state index >= 15 is 0 Å². The molecule has 0 fully saturated rings. The van der Waals surface area contributed by atoms with Crippen molar-refractivity contribution in [1.29, 1.82) is 0 Å². The number of hydrogen-bond donors (Lipinski definition) is 1. The van der Waals surface area contributed by atoms with Crippen LogP contribution in [0, 0.1) is 6.92 Å². The Kier molecular flexibility index (Phi) is 3.92. The summed E-state index contributed by atoms with van der Waals surface area (Å²) in [6, 6.07) is 8.29. The third-order valence-electron chi connectivity index (χ3n) is 3.15. The lowest BCUT2D eigenvalue weighted by Gasteiger charge is -2.09. The van der Waals surface area contributed by atoms with E-state index in [-0.39, 0.29) is 6.04 Å². The van der Waals surface area contributed by atoms with E-state index in [9.17, 15) is 0 Å². The van der Waals surface area contributed by atoms with Crippen LogP contribution in [0.5, 0.6) is 0 Å². The molecular weight excluding hydrogens is 336 g/mol. The fourth-order valence-electron chi connectivity index (χ4n) is 2.07. The second kappa shape index (κ2) is 5.68. The molecule has 1 atom stereocenters. The Morgan fingerprint density at radius 1 is 1.40 bits per heavy atom. The Bertz CT molecular complexity index is 734. The van der Waals surface area contributed by atoms with Gasteiger partial charge in [-0.1, -0.05) is 15.9 Å². The molecule has 1 aromatic carbocycles. The van der Waals surface area contributed by atoms with Crippen LogP contribution >= 0.6 is 27.3 Å². The van der Waals surface area contributed by atoms with Crippen LogP contribution in [0.15, 0.2) is 39.4 Å². The molecule has 3 rings (SSSR count). The third kappa shape index (κ3) is 2.95. The van der Waals surface area contributed by atoms with Gasteiger partial charge in [0.05, 0.1) is 6.04 Å². The summed E-state index contributed by atoms with van der Waals surface area (Å²) in [4.78, 5) is 5.59. The number of aryl methyl sites for hydroxylation is 1. The molecule has 0 radical (unpaired) electrons. The van der Waals surface area contributed by atoms with E-state index in [2.05, 4.69) is 52.2 Å². The van der Waals surface area contributed by atoms with Crippen molar-refractivity contribution in [2.75, 3.05) is 0 Å². The van der Waals surface area contributed by atoms with Crippen LogP contribution in [0.4, 0.5) is 0 Å². The molecule has 3 aromatic rings. The Hall–Kier alpha value is -1.17. The average Bonchev–Trinajstić information content (AvgIpc) is 3.01. The molecule has 0 spiro atoms. The van der Waals surface area contributed by atoms with E-state index in [4.69, 9.17) is 4.42 Å². The number of nitrogens with one attached hydrogen (secondary N) is 1. The van der Waals surface area contributed by atoms with E-state index in [0.717, 1.165) is 32.8 Å². The van der Waals surface area contributed by atoms with Gasteiger partial charge in [0.1, 0.15) is 16.4 Å². The SMILES string of the molecule is Cc1cnc(CNC(C)c2cc3cc(Br)ccc3o2)s1. The molecule has 2 aromatic heterocycles. The molecule has 20 heavy (non-hydrogen) atoms. The number of benzene rings is 1. The number of thiazole rings is 1. The first-order valence-electron chi connectivity index (χ1n) is 6.45. The Morgan fingerprint density at radius 3 is 3.00 bits per heavy atom. The van der Waals surface area contributed by atoms with Gasteiger partial charge in [0, 0.05) is 27.5 Å². The summed E-state index contributed by atoms with van der Waals surface area (Å²) in [5, 5.41) is 5.67. The molecule has 5 heteroatoms. The van der Waals surface area contributed by atoms with E-state index < -0.39 is 0 Å². The van der Waals surface area contributed by atoms with Gasteiger partial charge in [0.2, 0.25) is 0 Å². The molecule has 0 aliphatic carbocycles. The van der Waals surface area contributed by atoms with Gasteiger partial charge in [-0.3, -0.25) is 0 Å². The van der Waals surface area contributed by atoms with Crippen LogP contribution in [-0.4, -0.2) is 4.98 Å². The van der Waals surface area contributed by atoms with E-state index in [1.165, 1.54) is 4.88 Å². The normalized spacial score (nSPS) is 12.9. The Labute approximate surface area is 130 Å². The van der Waals surface area contributed by atoms with E-state index in [0.29, 0.717) is 0 Å². The van der Waals surface area contributed by atoms with Crippen molar-refractivity contribution >= 4 is 38.2 Å². The van der Waals surface area contributed by atoms with Crippen LogP contribution in [0.2, 0.25) is 0 Å². The number of halogens is 1. The summed E-state index contributed by atoms with van der Waals surface area (Å²) in [5.74, 6) is 0.950. The van der Waals surface area contributed by atoms with Gasteiger partial charge in [0.25, 0.3) is 0 Å². The maximum Gasteiger partial charge on any atom is 0.134 e. The largest absolute Gasteiger partial charge is 0.459 e. The zero-order valence-corrected chi connectivity index (χ0v) is 13.7. The predicted molar refractivity (Wildman–Crippen MR) is 86.0 cm³/mol. The first kappa shape index (κ1) is 13.8. The molecule has 0 saturated heterocycles. The highest BCUT2D eigenvalue weighted by Gasteiger charge is 2.12. The molecule has 0 aliphatic heterocycles. The highest BCUT2D eigenvalue weighted by atomic mass is 79.9. The number of nitrogens with zero attached hydrogens (tertiary/aromatic N) is 1. The molecule has 0 amide bonds. The molecule has 2 heterocycles. The van der Waals surface area contributed by atoms with Gasteiger partial charge < -0.3 is 9.73 Å². The fourth-order valence-corrected chi connectivity index (χ4v) is 3.19. The lowest BCUT2D eigenvalue weighted by Crippen LogP contribution is -2.17. The topological polar surface area (TPSA) is 38.1 Å². The van der Waals surface area contributed by atoms with E-state index in [1.807, 2.05) is 18.3 Å². The number of aromatic nitrogens is 1. The quantitative estimate of drug-likeness (QED) is 0.733. The van der Waals surface area contributed by atoms with Crippen LogP contribution in [0.1, 0.15) is 28.6 Å². The summed E-state index contributed by atoms with van der Waals surface area (Å²) in [7, 11) is 0. The monoisotopic (exact) mass is 350 g/mol. The average molecular weight is 351 g/mol. The van der Waals surface area contributed by atoms with Gasteiger partial charge >= 0.3 is 0 Å². The van der Waals surface area contributed by atoms with Gasteiger partial charge in [0.15, 0.2) is 0 Å². The summed E-state index contributed by atoms with van der Waals surface area (Å²) >= 11 is 5.20. The predicted octanol–water partition coefficient (Wildman–Crippen LogP) is 4.81. The molecule has 0 saturated carbocycles. The number of fused-ring (bicyclic) bond motifs is 1. The first-order valence-corrected chi connectivity index (χ1v) is 8.06. The maximum atomic E-state index is 5.88. The van der Waals surface area contributed by atoms with Crippen LogP contribution in [0.25, 0.3) is 11.0 Å². The number of hydrogen-bond acceptors (Lipinski definition) is 4. The minimum absolute atomic E-state index is 0.158. The lowest BCUT2D eigenvalue weighted by molar-refractivity contribution is 0.450. The molecule has 104 valence electrons. The minimum atomic E-state index is 0.158. The van der Waals surface area contributed by atoms with Gasteiger partial charge in [-0.15, -0.1) is 11.3 Å². The van der Waals surface area contributed by atoms with Crippen molar-refractivity contribution in [3.63, 3.8) is 0 Å². The molecule has 0 aliphatic rings. The van der Waals surface area contributed by atoms with Crippen LogP contribution in [-0.2, 0) is 6.54 Å². The summed E-state index contributed by atoms with van der Waals surface area (Å²) in [6.07, 6.45) is 1.91. The van der Waals surface area contributed by atoms with Crippen LogP contribution in [0.3, 0.4) is 0 Å². The number of rotatable bonds is 4. The van der Waals surface area contributed by atoms with Crippen molar-refractivity contribution in [3.8, 4) is 0 Å². The summed E-state index contributed by atoms with van der Waals surface area (Å²) in [6.45, 7) is 4.94. The standard InChI is InChI=1S/C15H15BrN2OS/c1-9-7-18-15(20-9)8-17-10(2)14-6-11-5-12(16)3-4-13(11)19-14/h3-7,10,17H,8H2,1-2H3. The fraction of sp³-hybridized carbons (Fsp3) is 0.267. The van der Waals surface area contributed by atoms with Gasteiger partial charge in [-0.25, -0.2) is 4.98 Å². The molecular formula is C15H15BrN2OS. The van der Waals surface area contributed by atoms with Crippen LogP contribution < -0.4 is 5.32 Å². The smallest absolute Gasteiger partial charge is 0.134 e. The van der Waals surface area contributed by atoms with Crippen molar-refractivity contribution in [1.82, 2.24) is 10.3 Å². The highest BCUT2D eigenvalue weighted by Crippen LogP contribution is 2.26. The highest BCUT2D eigenvalue weighted by molar-refractivity contribution is 9.10. The minimum Gasteiger partial charge on any atom is -0.459 e. The van der Waals surface area contributed by atoms with E-state index in [1.54, 1.807) is 11.3 Å². The zero-order valence-electron chi connectivity index (χ0n) is 11.3. The lowest BCUT2D eigenvalue weighted by atomic mass is 10.2. The summed E-state index contributed by atoms with van der Waals surface area (Å²) < 4.78 is 6.94. The molecule has 1 N–H and O–H groups in total. The Balaban J connectivity index is 1.73. The second-order valence-electron chi connectivity index (χ2n) is 4.80. The van der Waals surface area contributed by atoms with Crippen molar-refractivity contribution in [2.45, 2.75) is 26.4 Å². The second-order valence-corrected chi connectivity index (χ2v) is 7.03. The van der Waals surface area contributed by atoms with Gasteiger partial charge in [-0.05, 0) is 38.1 Å². The zero-order chi connectivity index (χ0) is 14.1.